The number of allylic oxidation sites excluding steroid dienone is 3. The predicted molar refractivity (Wildman–Crippen MR) is 111 cm³/mol. The fourth-order valence-corrected chi connectivity index (χ4v) is 3.23. The molecular weight excluding hydrogens is 390 g/mol. The minimum Gasteiger partial charge on any atom is -0.507 e. The zero-order chi connectivity index (χ0) is 23.2. The maximum atomic E-state index is 11.6. The van der Waals surface area contributed by atoms with Crippen LogP contribution in [-0.2, 0) is 14.4 Å². The lowest BCUT2D eigenvalue weighted by molar-refractivity contribution is -0.124. The molecule has 1 rings (SSSR count). The third-order valence-electron chi connectivity index (χ3n) is 5.59. The molecule has 0 aromatic carbocycles. The maximum absolute atomic E-state index is 11.6. The standard InChI is InChI=1S/C22H33NO7/c1-11(6-7-16(25)20-19(28)10-23-22(20)30)8-12(2)21(29)14(4)18(27)9-17(26)13(3)15(5)24/h6-8,12-14,17-18,21,25-27,29H,9-10H2,1-5H3,(H,23,30). The van der Waals surface area contributed by atoms with Gasteiger partial charge in [-0.1, -0.05) is 38.5 Å². The first-order chi connectivity index (χ1) is 13.9. The lowest BCUT2D eigenvalue weighted by atomic mass is 9.84. The molecule has 0 radical (unpaired) electrons. The van der Waals surface area contributed by atoms with E-state index in [1.54, 1.807) is 33.8 Å². The summed E-state index contributed by atoms with van der Waals surface area (Å²) in [6.07, 6.45) is 1.57. The van der Waals surface area contributed by atoms with Crippen LogP contribution in [0.1, 0.15) is 41.0 Å². The van der Waals surface area contributed by atoms with Crippen molar-refractivity contribution in [3.05, 3.63) is 35.1 Å². The molecule has 1 saturated heterocycles. The van der Waals surface area contributed by atoms with Gasteiger partial charge in [-0.3, -0.25) is 14.4 Å². The Morgan fingerprint density at radius 1 is 1.07 bits per heavy atom. The van der Waals surface area contributed by atoms with Crippen LogP contribution in [0, 0.1) is 17.8 Å². The number of carbonyl (C=O) groups excluding carboxylic acids is 3. The lowest BCUT2D eigenvalue weighted by Gasteiger charge is -2.29. The number of hydrogen-bond acceptors (Lipinski definition) is 7. The summed E-state index contributed by atoms with van der Waals surface area (Å²) in [4.78, 5) is 34.5. The highest BCUT2D eigenvalue weighted by Gasteiger charge is 2.30. The molecule has 30 heavy (non-hydrogen) atoms. The van der Waals surface area contributed by atoms with Crippen molar-refractivity contribution in [2.45, 2.75) is 59.4 Å². The van der Waals surface area contributed by atoms with E-state index in [1.165, 1.54) is 19.1 Å². The second kappa shape index (κ2) is 11.2. The Bertz CT molecular complexity index is 735. The van der Waals surface area contributed by atoms with Crippen LogP contribution in [0.25, 0.3) is 0 Å². The number of hydrogen-bond donors (Lipinski definition) is 5. The Morgan fingerprint density at radius 3 is 2.17 bits per heavy atom. The Labute approximate surface area is 177 Å². The minimum atomic E-state index is -0.996. The number of Topliss-reactive ketones (excluding diaryl/α,β-unsaturated/α-hetero) is 2. The van der Waals surface area contributed by atoms with Crippen molar-refractivity contribution < 1.29 is 34.8 Å². The summed E-state index contributed by atoms with van der Waals surface area (Å²) in [6.45, 7) is 7.99. The molecule has 1 aliphatic heterocycles. The number of nitrogens with one attached hydrogen (secondary N) is 1. The van der Waals surface area contributed by atoms with Gasteiger partial charge in [0, 0.05) is 24.2 Å². The molecule has 8 nitrogen and oxygen atoms in total. The topological polar surface area (TPSA) is 144 Å². The quantitative estimate of drug-likeness (QED) is 0.152. The molecule has 0 spiro atoms. The molecule has 0 aliphatic carbocycles. The molecule has 0 saturated carbocycles. The van der Waals surface area contributed by atoms with Crippen molar-refractivity contribution in [1.29, 1.82) is 0 Å². The molecular formula is C22H33NO7. The summed E-state index contributed by atoms with van der Waals surface area (Å²) < 4.78 is 0. The summed E-state index contributed by atoms with van der Waals surface area (Å²) in [5, 5.41) is 43.3. The molecule has 1 fully saturated rings. The smallest absolute Gasteiger partial charge is 0.259 e. The van der Waals surface area contributed by atoms with E-state index in [0.717, 1.165) is 0 Å². The first-order valence-corrected chi connectivity index (χ1v) is 10.0. The van der Waals surface area contributed by atoms with E-state index in [4.69, 9.17) is 0 Å². The van der Waals surface area contributed by atoms with Crippen LogP contribution in [-0.4, -0.2) is 62.8 Å². The van der Waals surface area contributed by atoms with Crippen LogP contribution < -0.4 is 5.32 Å². The van der Waals surface area contributed by atoms with Crippen LogP contribution in [0.4, 0.5) is 0 Å². The maximum Gasteiger partial charge on any atom is 0.259 e. The number of rotatable bonds is 10. The number of aliphatic hydroxyl groups excluding tert-OH is 4. The van der Waals surface area contributed by atoms with Gasteiger partial charge in [0.05, 0.1) is 24.9 Å². The average Bonchev–Trinajstić information content (AvgIpc) is 3.02. The Hall–Kier alpha value is -2.29. The molecule has 6 atom stereocenters. The minimum absolute atomic E-state index is 0.0220. The molecule has 8 heteroatoms. The van der Waals surface area contributed by atoms with E-state index >= 15 is 0 Å². The predicted octanol–water partition coefficient (Wildman–Crippen LogP) is 0.970. The summed E-state index contributed by atoms with van der Waals surface area (Å²) in [7, 11) is 0. The molecule has 1 aliphatic rings. The highest BCUT2D eigenvalue weighted by molar-refractivity contribution is 6.25. The first-order valence-electron chi connectivity index (χ1n) is 10.0. The van der Waals surface area contributed by atoms with Gasteiger partial charge in [-0.2, -0.15) is 0 Å². The second-order valence-corrected chi connectivity index (χ2v) is 8.09. The number of amides is 1. The van der Waals surface area contributed by atoms with Crippen molar-refractivity contribution in [2.24, 2.45) is 17.8 Å². The Balaban J connectivity index is 2.76. The van der Waals surface area contributed by atoms with Crippen molar-refractivity contribution in [3.63, 3.8) is 0 Å². The molecule has 1 heterocycles. The van der Waals surface area contributed by atoms with Crippen molar-refractivity contribution in [2.75, 3.05) is 6.54 Å². The van der Waals surface area contributed by atoms with Gasteiger partial charge in [-0.25, -0.2) is 0 Å². The highest BCUT2D eigenvalue weighted by atomic mass is 16.3. The molecule has 0 bridgehead atoms. The average molecular weight is 424 g/mol. The van der Waals surface area contributed by atoms with Gasteiger partial charge >= 0.3 is 0 Å². The van der Waals surface area contributed by atoms with Crippen LogP contribution in [0.5, 0.6) is 0 Å². The van der Waals surface area contributed by atoms with Gasteiger partial charge in [0.2, 0.25) is 0 Å². The van der Waals surface area contributed by atoms with Crippen molar-refractivity contribution in [1.82, 2.24) is 5.32 Å². The van der Waals surface area contributed by atoms with E-state index in [2.05, 4.69) is 5.32 Å². The van der Waals surface area contributed by atoms with Gasteiger partial charge < -0.3 is 25.7 Å². The Kier molecular flexibility index (Phi) is 9.61. The van der Waals surface area contributed by atoms with Gasteiger partial charge in [0.1, 0.15) is 17.1 Å². The van der Waals surface area contributed by atoms with Crippen molar-refractivity contribution in [3.8, 4) is 0 Å². The largest absolute Gasteiger partial charge is 0.507 e. The summed E-state index contributed by atoms with van der Waals surface area (Å²) >= 11 is 0. The summed E-state index contributed by atoms with van der Waals surface area (Å²) in [5.41, 5.74) is 0.397. The second-order valence-electron chi connectivity index (χ2n) is 8.09. The summed E-state index contributed by atoms with van der Waals surface area (Å²) in [6, 6.07) is 0. The fourth-order valence-electron chi connectivity index (χ4n) is 3.23. The first kappa shape index (κ1) is 25.7. The number of aliphatic hydroxyl groups is 4. The molecule has 1 amide bonds. The van der Waals surface area contributed by atoms with E-state index in [1.807, 2.05) is 0 Å². The SMILES string of the molecule is CC(=O)C(C)C(O)CC(O)C(C)C(O)C(C)C=C(C)C=CC(O)=C1C(=O)CNC1=O. The molecule has 0 aromatic rings. The molecule has 5 N–H and O–H groups in total. The van der Waals surface area contributed by atoms with E-state index in [-0.39, 0.29) is 30.2 Å². The monoisotopic (exact) mass is 423 g/mol. The van der Waals surface area contributed by atoms with Crippen LogP contribution in [0.15, 0.2) is 35.1 Å². The van der Waals surface area contributed by atoms with Gasteiger partial charge in [0.25, 0.3) is 5.91 Å². The third-order valence-corrected chi connectivity index (χ3v) is 5.59. The zero-order valence-corrected chi connectivity index (χ0v) is 18.1. The normalized spacial score (nSPS) is 23.0. The van der Waals surface area contributed by atoms with Crippen LogP contribution >= 0.6 is 0 Å². The van der Waals surface area contributed by atoms with E-state index in [9.17, 15) is 34.8 Å². The van der Waals surface area contributed by atoms with E-state index < -0.39 is 47.6 Å². The Morgan fingerprint density at radius 2 is 1.67 bits per heavy atom. The molecule has 6 unspecified atom stereocenters. The summed E-state index contributed by atoms with van der Waals surface area (Å²) in [5.74, 6) is -3.20. The number of carbonyl (C=O) groups is 3. The molecule has 0 aromatic heterocycles. The van der Waals surface area contributed by atoms with Crippen LogP contribution in [0.3, 0.4) is 0 Å². The zero-order valence-electron chi connectivity index (χ0n) is 18.1. The number of ketones is 2. The third kappa shape index (κ3) is 6.90. The van der Waals surface area contributed by atoms with Gasteiger partial charge in [-0.15, -0.1) is 0 Å². The van der Waals surface area contributed by atoms with Gasteiger partial charge in [-0.05, 0) is 19.9 Å². The molecule has 168 valence electrons. The highest BCUT2D eigenvalue weighted by Crippen LogP contribution is 2.23. The van der Waals surface area contributed by atoms with Crippen molar-refractivity contribution >= 4 is 17.5 Å². The van der Waals surface area contributed by atoms with E-state index in [0.29, 0.717) is 5.57 Å². The van der Waals surface area contributed by atoms with Crippen LogP contribution in [0.2, 0.25) is 0 Å². The fraction of sp³-hybridized carbons (Fsp3) is 0.591. The lowest BCUT2D eigenvalue weighted by Crippen LogP contribution is -2.37. The van der Waals surface area contributed by atoms with Gasteiger partial charge in [0.15, 0.2) is 5.78 Å².